The van der Waals surface area contributed by atoms with Crippen LogP contribution in [0.3, 0.4) is 0 Å². The second kappa shape index (κ2) is 9.30. The first-order chi connectivity index (χ1) is 14.7. The number of fused-ring (bicyclic) bond motifs is 1. The molecule has 0 saturated heterocycles. The van der Waals surface area contributed by atoms with Crippen molar-refractivity contribution in [3.05, 3.63) is 72.3 Å². The van der Waals surface area contributed by atoms with E-state index in [2.05, 4.69) is 5.32 Å². The van der Waals surface area contributed by atoms with Gasteiger partial charge in [0.05, 0.1) is 18.5 Å². The van der Waals surface area contributed by atoms with Crippen LogP contribution in [0.25, 0.3) is 10.8 Å². The highest BCUT2D eigenvalue weighted by molar-refractivity contribution is 7.92. The zero-order valence-corrected chi connectivity index (χ0v) is 17.8. The summed E-state index contributed by atoms with van der Waals surface area (Å²) in [4.78, 5) is 12.5. The minimum Gasteiger partial charge on any atom is -0.492 e. The highest BCUT2D eigenvalue weighted by Gasteiger charge is 2.29. The molecule has 0 aliphatic carbocycles. The third kappa shape index (κ3) is 5.49. The molecule has 1 amide bonds. The normalized spacial score (nSPS) is 12.4. The third-order valence-electron chi connectivity index (χ3n) is 4.64. The van der Waals surface area contributed by atoms with Crippen molar-refractivity contribution in [2.75, 3.05) is 23.7 Å². The Morgan fingerprint density at radius 3 is 2.42 bits per heavy atom. The second-order valence-electron chi connectivity index (χ2n) is 6.98. The number of nitrogens with one attached hydrogen (secondary N) is 1. The average molecular weight is 448 g/mol. The molecule has 0 spiro atoms. The molecule has 164 valence electrons. The molecule has 0 bridgehead atoms. The summed E-state index contributed by atoms with van der Waals surface area (Å²) in [6, 6.07) is 14.9. The maximum absolute atomic E-state index is 13.6. The van der Waals surface area contributed by atoms with Gasteiger partial charge in [0.15, 0.2) is 11.6 Å². The average Bonchev–Trinajstić information content (AvgIpc) is 2.72. The molecule has 3 rings (SSSR count). The Kier molecular flexibility index (Phi) is 6.74. The predicted molar refractivity (Wildman–Crippen MR) is 116 cm³/mol. The van der Waals surface area contributed by atoms with E-state index in [-0.39, 0.29) is 18.8 Å². The number of carbonyl (C=O) groups excluding carboxylic acids is 1. The van der Waals surface area contributed by atoms with Crippen LogP contribution in [0.15, 0.2) is 60.7 Å². The van der Waals surface area contributed by atoms with Crippen LogP contribution < -0.4 is 14.4 Å². The number of hydrogen-bond donors (Lipinski definition) is 1. The molecule has 0 radical (unpaired) electrons. The molecule has 3 aromatic rings. The van der Waals surface area contributed by atoms with Gasteiger partial charge in [-0.2, -0.15) is 0 Å². The van der Waals surface area contributed by atoms with E-state index in [1.54, 1.807) is 0 Å². The SMILES string of the molecule is C[C@H](C(=O)NCCOc1ccc2ccccc2c1)N(c1ccc(F)c(F)c1)S(C)(=O)=O. The molecule has 1 atom stereocenters. The van der Waals surface area contributed by atoms with Gasteiger partial charge in [-0.15, -0.1) is 0 Å². The van der Waals surface area contributed by atoms with Crippen molar-refractivity contribution in [2.24, 2.45) is 0 Å². The topological polar surface area (TPSA) is 75.7 Å². The highest BCUT2D eigenvalue weighted by atomic mass is 32.2. The Bertz CT molecular complexity index is 1200. The summed E-state index contributed by atoms with van der Waals surface area (Å²) in [6.45, 7) is 1.66. The molecule has 1 N–H and O–H groups in total. The second-order valence-corrected chi connectivity index (χ2v) is 8.84. The lowest BCUT2D eigenvalue weighted by Crippen LogP contribution is -2.48. The van der Waals surface area contributed by atoms with Crippen LogP contribution in [0.1, 0.15) is 6.92 Å². The maximum Gasteiger partial charge on any atom is 0.243 e. The molecule has 9 heteroatoms. The number of halogens is 2. The molecule has 0 aliphatic heterocycles. The zero-order valence-electron chi connectivity index (χ0n) is 17.0. The minimum atomic E-state index is -3.93. The van der Waals surface area contributed by atoms with Gasteiger partial charge in [-0.25, -0.2) is 17.2 Å². The quantitative estimate of drug-likeness (QED) is 0.536. The molecule has 31 heavy (non-hydrogen) atoms. The van der Waals surface area contributed by atoms with E-state index in [4.69, 9.17) is 4.74 Å². The molecule has 0 saturated carbocycles. The highest BCUT2D eigenvalue weighted by Crippen LogP contribution is 2.23. The fraction of sp³-hybridized carbons (Fsp3) is 0.227. The number of amides is 1. The zero-order chi connectivity index (χ0) is 22.6. The Hall–Kier alpha value is -3.20. The summed E-state index contributed by atoms with van der Waals surface area (Å²) in [5.41, 5.74) is -0.142. The summed E-state index contributed by atoms with van der Waals surface area (Å²) >= 11 is 0. The van der Waals surface area contributed by atoms with Crippen LogP contribution in [0.5, 0.6) is 5.75 Å². The summed E-state index contributed by atoms with van der Waals surface area (Å²) in [7, 11) is -3.93. The van der Waals surface area contributed by atoms with Crippen molar-refractivity contribution < 1.29 is 26.7 Å². The van der Waals surface area contributed by atoms with Crippen LogP contribution in [0.4, 0.5) is 14.5 Å². The lowest BCUT2D eigenvalue weighted by molar-refractivity contribution is -0.121. The number of ether oxygens (including phenoxy) is 1. The number of nitrogens with zero attached hydrogens (tertiary/aromatic N) is 1. The maximum atomic E-state index is 13.6. The first-order valence-electron chi connectivity index (χ1n) is 9.50. The van der Waals surface area contributed by atoms with Gasteiger partial charge in [-0.05, 0) is 42.0 Å². The molecule has 0 heterocycles. The summed E-state index contributed by atoms with van der Waals surface area (Å²) in [5, 5.41) is 4.70. The van der Waals surface area contributed by atoms with Gasteiger partial charge in [0.2, 0.25) is 15.9 Å². The predicted octanol–water partition coefficient (Wildman–Crippen LogP) is 3.47. The lowest BCUT2D eigenvalue weighted by Gasteiger charge is -2.28. The number of carbonyl (C=O) groups is 1. The molecular formula is C22H22F2N2O4S. The fourth-order valence-electron chi connectivity index (χ4n) is 3.18. The Morgan fingerprint density at radius 1 is 1.03 bits per heavy atom. The van der Waals surface area contributed by atoms with Crippen molar-refractivity contribution in [1.82, 2.24) is 5.32 Å². The van der Waals surface area contributed by atoms with Crippen LogP contribution in [-0.2, 0) is 14.8 Å². The number of hydrogen-bond acceptors (Lipinski definition) is 4. The van der Waals surface area contributed by atoms with Gasteiger partial charge in [-0.1, -0.05) is 30.3 Å². The van der Waals surface area contributed by atoms with E-state index in [0.29, 0.717) is 5.75 Å². The molecule has 0 aromatic heterocycles. The first-order valence-corrected chi connectivity index (χ1v) is 11.4. The van der Waals surface area contributed by atoms with E-state index in [1.165, 1.54) is 6.92 Å². The van der Waals surface area contributed by atoms with Gasteiger partial charge < -0.3 is 10.1 Å². The molecular weight excluding hydrogens is 426 g/mol. The summed E-state index contributed by atoms with van der Waals surface area (Å²) in [5.74, 6) is -2.28. The van der Waals surface area contributed by atoms with Gasteiger partial charge >= 0.3 is 0 Å². The van der Waals surface area contributed by atoms with E-state index < -0.39 is 33.6 Å². The number of sulfonamides is 1. The van der Waals surface area contributed by atoms with Gasteiger partial charge in [0, 0.05) is 6.07 Å². The van der Waals surface area contributed by atoms with Crippen molar-refractivity contribution in [2.45, 2.75) is 13.0 Å². The van der Waals surface area contributed by atoms with Crippen molar-refractivity contribution >= 4 is 32.4 Å². The van der Waals surface area contributed by atoms with Crippen LogP contribution in [0, 0.1) is 11.6 Å². The Morgan fingerprint density at radius 2 is 1.74 bits per heavy atom. The fourth-order valence-corrected chi connectivity index (χ4v) is 4.35. The van der Waals surface area contributed by atoms with Crippen LogP contribution in [0.2, 0.25) is 0 Å². The van der Waals surface area contributed by atoms with Crippen molar-refractivity contribution in [1.29, 1.82) is 0 Å². The number of rotatable bonds is 8. The van der Waals surface area contributed by atoms with E-state index >= 15 is 0 Å². The Labute approximate surface area is 179 Å². The molecule has 0 aliphatic rings. The standard InChI is InChI=1S/C22H22F2N2O4S/c1-15(26(31(2,28)29)18-8-10-20(23)21(24)14-18)22(27)25-11-12-30-19-9-7-16-5-3-4-6-17(16)13-19/h3-10,13-15H,11-12H2,1-2H3,(H,25,27)/t15-/m1/s1. The van der Waals surface area contributed by atoms with Crippen LogP contribution in [-0.4, -0.2) is 39.8 Å². The van der Waals surface area contributed by atoms with E-state index in [0.717, 1.165) is 39.5 Å². The van der Waals surface area contributed by atoms with Crippen molar-refractivity contribution in [3.8, 4) is 5.75 Å². The molecule has 0 unspecified atom stereocenters. The van der Waals surface area contributed by atoms with E-state index in [1.807, 2.05) is 42.5 Å². The molecule has 3 aromatic carbocycles. The third-order valence-corrected chi connectivity index (χ3v) is 5.88. The van der Waals surface area contributed by atoms with Gasteiger partial charge in [0.1, 0.15) is 18.4 Å². The summed E-state index contributed by atoms with van der Waals surface area (Å²) in [6.07, 6.45) is 0.890. The number of benzene rings is 3. The molecule has 0 fully saturated rings. The lowest BCUT2D eigenvalue weighted by atomic mass is 10.1. The smallest absolute Gasteiger partial charge is 0.243 e. The first kappa shape index (κ1) is 22.5. The van der Waals surface area contributed by atoms with E-state index in [9.17, 15) is 22.0 Å². The number of anilines is 1. The summed E-state index contributed by atoms with van der Waals surface area (Å²) < 4.78 is 57.6. The van der Waals surface area contributed by atoms with Crippen LogP contribution >= 0.6 is 0 Å². The largest absolute Gasteiger partial charge is 0.492 e. The Balaban J connectivity index is 1.61. The molecule has 6 nitrogen and oxygen atoms in total. The minimum absolute atomic E-state index is 0.130. The van der Waals surface area contributed by atoms with Gasteiger partial charge in [-0.3, -0.25) is 9.10 Å². The van der Waals surface area contributed by atoms with Gasteiger partial charge in [0.25, 0.3) is 0 Å². The monoisotopic (exact) mass is 448 g/mol. The van der Waals surface area contributed by atoms with Crippen molar-refractivity contribution in [3.63, 3.8) is 0 Å².